The van der Waals surface area contributed by atoms with Crippen molar-refractivity contribution in [3.05, 3.63) is 88.6 Å². The number of nitrogens with one attached hydrogen (secondary N) is 1. The van der Waals surface area contributed by atoms with Crippen LogP contribution in [-0.4, -0.2) is 42.1 Å². The number of amides is 2. The molecule has 0 spiro atoms. The van der Waals surface area contributed by atoms with E-state index in [1.807, 2.05) is 64.5 Å². The highest BCUT2D eigenvalue weighted by molar-refractivity contribution is 7.09. The van der Waals surface area contributed by atoms with E-state index in [1.54, 1.807) is 11.3 Å². The SMILES string of the molecule is O=C(NCCc1cccs1)C1CCN(C(=O)C2=NN(c3ccccc3)C(c3ccccc3)C2)CC1. The maximum atomic E-state index is 13.4. The third kappa shape index (κ3) is 5.46. The van der Waals surface area contributed by atoms with Gasteiger partial charge in [-0.05, 0) is 48.4 Å². The number of nitrogens with zero attached hydrogens (tertiary/aromatic N) is 3. The monoisotopic (exact) mass is 486 g/mol. The summed E-state index contributed by atoms with van der Waals surface area (Å²) in [6, 6.07) is 24.3. The minimum absolute atomic E-state index is 0.00999. The minimum atomic E-state index is -0.0363. The number of benzene rings is 2. The van der Waals surface area contributed by atoms with Crippen LogP contribution in [0.15, 0.2) is 83.3 Å². The van der Waals surface area contributed by atoms with Gasteiger partial charge in [-0.25, -0.2) is 0 Å². The first kappa shape index (κ1) is 23.3. The summed E-state index contributed by atoms with van der Waals surface area (Å²) in [7, 11) is 0. The van der Waals surface area contributed by atoms with Gasteiger partial charge in [-0.2, -0.15) is 5.10 Å². The molecule has 5 rings (SSSR count). The molecule has 3 aromatic rings. The van der Waals surface area contributed by atoms with Crippen LogP contribution in [0.1, 0.15) is 35.7 Å². The Labute approximate surface area is 210 Å². The molecule has 1 aromatic heterocycles. The number of para-hydroxylation sites is 1. The number of piperidine rings is 1. The molecule has 1 atom stereocenters. The fraction of sp³-hybridized carbons (Fsp3) is 0.321. The normalized spacial score (nSPS) is 18.4. The second-order valence-corrected chi connectivity index (χ2v) is 10.1. The lowest BCUT2D eigenvalue weighted by molar-refractivity contribution is -0.131. The quantitative estimate of drug-likeness (QED) is 0.529. The van der Waals surface area contributed by atoms with Crippen LogP contribution < -0.4 is 10.3 Å². The smallest absolute Gasteiger partial charge is 0.270 e. The zero-order valence-corrected chi connectivity index (χ0v) is 20.5. The van der Waals surface area contributed by atoms with Crippen LogP contribution in [0.5, 0.6) is 0 Å². The summed E-state index contributed by atoms with van der Waals surface area (Å²) in [6.45, 7) is 1.83. The van der Waals surface area contributed by atoms with Crippen LogP contribution in [0.3, 0.4) is 0 Å². The molecular formula is C28H30N4O2S. The number of anilines is 1. The van der Waals surface area contributed by atoms with E-state index >= 15 is 0 Å². The minimum Gasteiger partial charge on any atom is -0.355 e. The summed E-state index contributed by atoms with van der Waals surface area (Å²) < 4.78 is 0. The Morgan fingerprint density at radius 3 is 2.34 bits per heavy atom. The molecule has 0 saturated carbocycles. The lowest BCUT2D eigenvalue weighted by Gasteiger charge is -2.31. The first-order valence-electron chi connectivity index (χ1n) is 12.2. The Kier molecular flexibility index (Phi) is 7.23. The van der Waals surface area contributed by atoms with Gasteiger partial charge in [-0.15, -0.1) is 11.3 Å². The summed E-state index contributed by atoms with van der Waals surface area (Å²) in [4.78, 5) is 29.2. The fourth-order valence-corrected chi connectivity index (χ4v) is 5.54. The van der Waals surface area contributed by atoms with Crippen molar-refractivity contribution in [1.82, 2.24) is 10.2 Å². The highest BCUT2D eigenvalue weighted by Crippen LogP contribution is 2.35. The molecule has 2 aliphatic heterocycles. The summed E-state index contributed by atoms with van der Waals surface area (Å²) in [5.74, 6) is 0.0537. The van der Waals surface area contributed by atoms with E-state index in [-0.39, 0.29) is 23.8 Å². The van der Waals surface area contributed by atoms with Crippen molar-refractivity contribution < 1.29 is 9.59 Å². The molecule has 2 aliphatic rings. The predicted octanol–water partition coefficient (Wildman–Crippen LogP) is 4.65. The average molecular weight is 487 g/mol. The van der Waals surface area contributed by atoms with Gasteiger partial charge in [0.25, 0.3) is 5.91 Å². The second kappa shape index (κ2) is 10.9. The Bertz CT molecular complexity index is 1160. The number of rotatable bonds is 7. The molecule has 35 heavy (non-hydrogen) atoms. The molecule has 6 nitrogen and oxygen atoms in total. The number of hydrazone groups is 1. The first-order valence-corrected chi connectivity index (χ1v) is 13.1. The van der Waals surface area contributed by atoms with Crippen LogP contribution in [0, 0.1) is 5.92 Å². The van der Waals surface area contributed by atoms with Gasteiger partial charge in [0, 0.05) is 36.9 Å². The fourth-order valence-electron chi connectivity index (χ4n) is 4.83. The molecule has 2 aromatic carbocycles. The third-order valence-corrected chi connectivity index (χ3v) is 7.70. The highest BCUT2D eigenvalue weighted by atomic mass is 32.1. The van der Waals surface area contributed by atoms with Crippen molar-refractivity contribution in [2.24, 2.45) is 11.0 Å². The van der Waals surface area contributed by atoms with Crippen molar-refractivity contribution in [2.75, 3.05) is 24.6 Å². The van der Waals surface area contributed by atoms with Crippen LogP contribution in [0.4, 0.5) is 5.69 Å². The number of hydrogen-bond donors (Lipinski definition) is 1. The van der Waals surface area contributed by atoms with Crippen molar-refractivity contribution in [1.29, 1.82) is 0 Å². The molecular weight excluding hydrogens is 456 g/mol. The predicted molar refractivity (Wildman–Crippen MR) is 140 cm³/mol. The lowest BCUT2D eigenvalue weighted by atomic mass is 9.95. The maximum Gasteiger partial charge on any atom is 0.270 e. The summed E-state index contributed by atoms with van der Waals surface area (Å²) in [5, 5.41) is 11.9. The van der Waals surface area contributed by atoms with E-state index in [0.29, 0.717) is 44.6 Å². The number of likely N-dealkylation sites (tertiary alicyclic amines) is 1. The molecule has 0 aliphatic carbocycles. The van der Waals surface area contributed by atoms with Crippen molar-refractivity contribution in [3.8, 4) is 0 Å². The molecule has 0 radical (unpaired) electrons. The standard InChI is InChI=1S/C28H30N4O2S/c33-27(29-16-13-24-12-7-19-35-24)22-14-17-31(18-15-22)28(34)25-20-26(21-8-3-1-4-9-21)32(30-25)23-10-5-2-6-11-23/h1-12,19,22,26H,13-18,20H2,(H,29,33). The van der Waals surface area contributed by atoms with E-state index in [0.717, 1.165) is 17.7 Å². The van der Waals surface area contributed by atoms with Crippen molar-refractivity contribution >= 4 is 34.6 Å². The molecule has 1 saturated heterocycles. The molecule has 0 bridgehead atoms. The number of thiophene rings is 1. The van der Waals surface area contributed by atoms with Crippen LogP contribution in [0.25, 0.3) is 0 Å². The van der Waals surface area contributed by atoms with Crippen LogP contribution >= 0.6 is 11.3 Å². The summed E-state index contributed by atoms with van der Waals surface area (Å²) in [6.07, 6.45) is 2.81. The molecule has 180 valence electrons. The maximum absolute atomic E-state index is 13.4. The van der Waals surface area contributed by atoms with Gasteiger partial charge in [-0.3, -0.25) is 14.6 Å². The van der Waals surface area contributed by atoms with Gasteiger partial charge in [-0.1, -0.05) is 54.6 Å². The van der Waals surface area contributed by atoms with E-state index in [1.165, 1.54) is 4.88 Å². The summed E-state index contributed by atoms with van der Waals surface area (Å²) in [5.41, 5.74) is 2.70. The van der Waals surface area contributed by atoms with E-state index in [9.17, 15) is 9.59 Å². The molecule has 3 heterocycles. The van der Waals surface area contributed by atoms with Gasteiger partial charge in [0.15, 0.2) is 0 Å². The molecule has 1 N–H and O–H groups in total. The first-order chi connectivity index (χ1) is 17.2. The zero-order valence-electron chi connectivity index (χ0n) is 19.7. The number of carbonyl (C=O) groups is 2. The van der Waals surface area contributed by atoms with Crippen molar-refractivity contribution in [3.63, 3.8) is 0 Å². The topological polar surface area (TPSA) is 65.0 Å². The largest absolute Gasteiger partial charge is 0.355 e. The number of hydrogen-bond acceptors (Lipinski definition) is 5. The third-order valence-electron chi connectivity index (χ3n) is 6.77. The van der Waals surface area contributed by atoms with Gasteiger partial charge in [0.2, 0.25) is 5.91 Å². The Morgan fingerprint density at radius 1 is 0.943 bits per heavy atom. The highest BCUT2D eigenvalue weighted by Gasteiger charge is 2.36. The van der Waals surface area contributed by atoms with Crippen LogP contribution in [0.2, 0.25) is 0 Å². The Morgan fingerprint density at radius 2 is 1.66 bits per heavy atom. The van der Waals surface area contributed by atoms with E-state index in [2.05, 4.69) is 28.9 Å². The molecule has 1 unspecified atom stereocenters. The summed E-state index contributed by atoms with van der Waals surface area (Å²) >= 11 is 1.71. The Balaban J connectivity index is 1.19. The van der Waals surface area contributed by atoms with E-state index < -0.39 is 0 Å². The number of carbonyl (C=O) groups excluding carboxylic acids is 2. The molecule has 7 heteroatoms. The van der Waals surface area contributed by atoms with E-state index in [4.69, 9.17) is 5.10 Å². The average Bonchev–Trinajstić information content (AvgIpc) is 3.60. The molecule has 2 amide bonds. The van der Waals surface area contributed by atoms with Gasteiger partial charge >= 0.3 is 0 Å². The second-order valence-electron chi connectivity index (χ2n) is 9.04. The zero-order chi connectivity index (χ0) is 24.0. The van der Waals surface area contributed by atoms with Gasteiger partial charge in [0.1, 0.15) is 5.71 Å². The Hall–Kier alpha value is -3.45. The van der Waals surface area contributed by atoms with Gasteiger partial charge < -0.3 is 10.2 Å². The molecule has 1 fully saturated rings. The van der Waals surface area contributed by atoms with Crippen LogP contribution in [-0.2, 0) is 16.0 Å². The lowest BCUT2D eigenvalue weighted by Crippen LogP contribution is -2.45. The van der Waals surface area contributed by atoms with Gasteiger partial charge in [0.05, 0.1) is 11.7 Å². The van der Waals surface area contributed by atoms with Crippen molar-refractivity contribution in [2.45, 2.75) is 31.7 Å².